The highest BCUT2D eigenvalue weighted by Crippen LogP contribution is 2.30. The Balaban J connectivity index is 2.57. The molecule has 0 aromatic heterocycles. The first-order chi connectivity index (χ1) is 12.4. The average molecular weight is 437 g/mol. The van der Waals surface area contributed by atoms with Crippen molar-refractivity contribution in [2.45, 2.75) is 38.4 Å². The Morgan fingerprint density at radius 3 is 2.52 bits per heavy atom. The van der Waals surface area contributed by atoms with Gasteiger partial charge < -0.3 is 10.1 Å². The lowest BCUT2D eigenvalue weighted by atomic mass is 10.2. The molecular formula is C18H29ClN2O4S2. The fourth-order valence-corrected chi connectivity index (χ4v) is 4.34. The summed E-state index contributed by atoms with van der Waals surface area (Å²) in [5, 5.41) is 3.20. The number of hydrogen-bond donors (Lipinski definition) is 1. The van der Waals surface area contributed by atoms with Crippen molar-refractivity contribution >= 4 is 45.0 Å². The molecule has 0 radical (unpaired) electrons. The molecule has 0 unspecified atom stereocenters. The van der Waals surface area contributed by atoms with Crippen LogP contribution in [0.25, 0.3) is 0 Å². The number of ether oxygens (including phenoxy) is 1. The second-order valence-corrected chi connectivity index (χ2v) is 11.3. The number of halogens is 1. The maximum Gasteiger partial charge on any atom is 0.232 e. The van der Waals surface area contributed by atoms with Crippen LogP contribution in [0.1, 0.15) is 33.6 Å². The quantitative estimate of drug-likeness (QED) is 0.567. The second kappa shape index (κ2) is 10.4. The molecule has 0 fully saturated rings. The Morgan fingerprint density at radius 2 is 2.00 bits per heavy atom. The number of methoxy groups -OCH3 is 1. The number of anilines is 1. The van der Waals surface area contributed by atoms with Crippen molar-refractivity contribution in [1.82, 2.24) is 5.32 Å². The third kappa shape index (κ3) is 9.08. The van der Waals surface area contributed by atoms with E-state index in [0.717, 1.165) is 12.0 Å². The molecule has 1 aromatic carbocycles. The van der Waals surface area contributed by atoms with E-state index in [9.17, 15) is 13.2 Å². The number of carbonyl (C=O) groups excluding carboxylic acids is 1. The van der Waals surface area contributed by atoms with Crippen molar-refractivity contribution in [3.05, 3.63) is 23.2 Å². The summed E-state index contributed by atoms with van der Waals surface area (Å²) in [5.41, 5.74) is 0.449. The Morgan fingerprint density at radius 1 is 1.33 bits per heavy atom. The Hall–Kier alpha value is -1.12. The molecule has 0 saturated heterocycles. The molecule has 0 spiro atoms. The van der Waals surface area contributed by atoms with Crippen molar-refractivity contribution in [3.63, 3.8) is 0 Å². The molecule has 0 aliphatic rings. The highest BCUT2D eigenvalue weighted by molar-refractivity contribution is 8.00. The first kappa shape index (κ1) is 23.9. The van der Waals surface area contributed by atoms with Crippen LogP contribution in [0.4, 0.5) is 5.69 Å². The third-order valence-electron chi connectivity index (χ3n) is 3.55. The van der Waals surface area contributed by atoms with E-state index in [1.54, 1.807) is 30.0 Å². The van der Waals surface area contributed by atoms with Crippen LogP contribution in [0, 0.1) is 0 Å². The SMILES string of the molecule is COc1ccc(N(CCCC(=O)NCCSC(C)(C)C)S(C)(=O)=O)cc1Cl. The topological polar surface area (TPSA) is 75.7 Å². The summed E-state index contributed by atoms with van der Waals surface area (Å²) in [6.45, 7) is 7.19. The maximum atomic E-state index is 12.1. The van der Waals surface area contributed by atoms with E-state index >= 15 is 0 Å². The van der Waals surface area contributed by atoms with Crippen LogP contribution in [-0.2, 0) is 14.8 Å². The van der Waals surface area contributed by atoms with Crippen LogP contribution in [0.15, 0.2) is 18.2 Å². The highest BCUT2D eigenvalue weighted by atomic mass is 35.5. The van der Waals surface area contributed by atoms with Gasteiger partial charge in [-0.25, -0.2) is 8.42 Å². The van der Waals surface area contributed by atoms with Crippen molar-refractivity contribution in [2.24, 2.45) is 0 Å². The largest absolute Gasteiger partial charge is 0.495 e. The van der Waals surface area contributed by atoms with Crippen LogP contribution in [0.5, 0.6) is 5.75 Å². The van der Waals surface area contributed by atoms with Gasteiger partial charge in [0.1, 0.15) is 5.75 Å². The minimum atomic E-state index is -3.49. The Kier molecular flexibility index (Phi) is 9.24. The number of nitrogens with one attached hydrogen (secondary N) is 1. The van der Waals surface area contributed by atoms with E-state index in [1.807, 2.05) is 0 Å². The molecule has 0 atom stereocenters. The first-order valence-electron chi connectivity index (χ1n) is 8.66. The summed E-state index contributed by atoms with van der Waals surface area (Å²) in [4.78, 5) is 11.9. The molecule has 1 rings (SSSR count). The molecule has 0 bridgehead atoms. The van der Waals surface area contributed by atoms with Gasteiger partial charge in [0.15, 0.2) is 0 Å². The number of sulfonamides is 1. The third-order valence-corrected chi connectivity index (χ3v) is 6.31. The van der Waals surface area contributed by atoms with Gasteiger partial charge in [0.05, 0.1) is 24.1 Å². The standard InChI is InChI=1S/C18H29ClN2O4S2/c1-18(2,3)26-12-10-20-17(22)7-6-11-21(27(5,23)24)14-8-9-16(25-4)15(19)13-14/h8-9,13H,6-7,10-12H2,1-5H3,(H,20,22). The number of amides is 1. The summed E-state index contributed by atoms with van der Waals surface area (Å²) >= 11 is 7.88. The van der Waals surface area contributed by atoms with Gasteiger partial charge in [0, 0.05) is 30.0 Å². The molecule has 1 amide bonds. The summed E-state index contributed by atoms with van der Waals surface area (Å²) < 4.78 is 30.8. The molecule has 6 nitrogen and oxygen atoms in total. The molecule has 0 saturated carbocycles. The lowest BCUT2D eigenvalue weighted by Gasteiger charge is -2.23. The molecule has 27 heavy (non-hydrogen) atoms. The van der Waals surface area contributed by atoms with Crippen molar-refractivity contribution in [2.75, 3.05) is 36.5 Å². The molecular weight excluding hydrogens is 408 g/mol. The van der Waals surface area contributed by atoms with E-state index in [1.165, 1.54) is 11.4 Å². The molecule has 9 heteroatoms. The normalized spacial score (nSPS) is 11.9. The number of thioether (sulfide) groups is 1. The van der Waals surface area contributed by atoms with E-state index in [2.05, 4.69) is 26.1 Å². The van der Waals surface area contributed by atoms with Crippen LogP contribution in [0.2, 0.25) is 5.02 Å². The van der Waals surface area contributed by atoms with E-state index in [-0.39, 0.29) is 23.6 Å². The number of rotatable bonds is 10. The first-order valence-corrected chi connectivity index (χ1v) is 11.9. The lowest BCUT2D eigenvalue weighted by molar-refractivity contribution is -0.121. The Labute approximate surface area is 172 Å². The molecule has 1 aromatic rings. The van der Waals surface area contributed by atoms with E-state index < -0.39 is 10.0 Å². The summed E-state index contributed by atoms with van der Waals surface area (Å²) in [5.74, 6) is 1.24. The smallest absolute Gasteiger partial charge is 0.232 e. The molecule has 0 heterocycles. The van der Waals surface area contributed by atoms with Crippen molar-refractivity contribution < 1.29 is 17.9 Å². The molecule has 154 valence electrons. The lowest BCUT2D eigenvalue weighted by Crippen LogP contribution is -2.32. The summed E-state index contributed by atoms with van der Waals surface area (Å²) in [7, 11) is -2.00. The van der Waals surface area contributed by atoms with Gasteiger partial charge >= 0.3 is 0 Å². The van der Waals surface area contributed by atoms with E-state index in [4.69, 9.17) is 16.3 Å². The fourth-order valence-electron chi connectivity index (χ4n) is 2.32. The Bertz CT molecular complexity index is 733. The molecule has 0 aliphatic carbocycles. The fraction of sp³-hybridized carbons (Fsp3) is 0.611. The van der Waals surface area contributed by atoms with E-state index in [0.29, 0.717) is 29.4 Å². The zero-order chi connectivity index (χ0) is 20.7. The van der Waals surface area contributed by atoms with Gasteiger partial charge in [-0.2, -0.15) is 11.8 Å². The zero-order valence-electron chi connectivity index (χ0n) is 16.5. The maximum absolute atomic E-state index is 12.1. The predicted molar refractivity (Wildman–Crippen MR) is 115 cm³/mol. The molecule has 1 N–H and O–H groups in total. The van der Waals surface area contributed by atoms with Crippen LogP contribution in [0.3, 0.4) is 0 Å². The van der Waals surface area contributed by atoms with Crippen molar-refractivity contribution in [1.29, 1.82) is 0 Å². The van der Waals surface area contributed by atoms with Gasteiger partial charge in [-0.3, -0.25) is 9.10 Å². The predicted octanol–water partition coefficient (Wildman–Crippen LogP) is 3.54. The second-order valence-electron chi connectivity index (χ2n) is 7.07. The van der Waals surface area contributed by atoms with Gasteiger partial charge in [0.2, 0.25) is 15.9 Å². The minimum Gasteiger partial charge on any atom is -0.495 e. The van der Waals surface area contributed by atoms with Gasteiger partial charge in [0.25, 0.3) is 0 Å². The number of carbonyl (C=O) groups is 1. The zero-order valence-corrected chi connectivity index (χ0v) is 18.9. The number of hydrogen-bond acceptors (Lipinski definition) is 5. The van der Waals surface area contributed by atoms with Gasteiger partial charge in [-0.1, -0.05) is 32.4 Å². The van der Waals surface area contributed by atoms with Crippen LogP contribution >= 0.6 is 23.4 Å². The summed E-state index contributed by atoms with van der Waals surface area (Å²) in [6.07, 6.45) is 1.81. The number of nitrogens with zero attached hydrogens (tertiary/aromatic N) is 1. The summed E-state index contributed by atoms with van der Waals surface area (Å²) in [6, 6.07) is 4.80. The molecule has 0 aliphatic heterocycles. The number of benzene rings is 1. The minimum absolute atomic E-state index is 0.0780. The van der Waals surface area contributed by atoms with Crippen LogP contribution in [-0.4, -0.2) is 51.3 Å². The monoisotopic (exact) mass is 436 g/mol. The highest BCUT2D eigenvalue weighted by Gasteiger charge is 2.19. The van der Waals surface area contributed by atoms with Gasteiger partial charge in [-0.15, -0.1) is 0 Å². The van der Waals surface area contributed by atoms with Gasteiger partial charge in [-0.05, 0) is 24.6 Å². The van der Waals surface area contributed by atoms with Crippen molar-refractivity contribution in [3.8, 4) is 5.75 Å². The average Bonchev–Trinajstić information content (AvgIpc) is 2.53. The van der Waals surface area contributed by atoms with Crippen LogP contribution < -0.4 is 14.4 Å².